The minimum atomic E-state index is -1.15. The zero-order valence-corrected chi connectivity index (χ0v) is 10.0. The molecule has 1 unspecified atom stereocenters. The van der Waals surface area contributed by atoms with Gasteiger partial charge in [0, 0.05) is 0 Å². The molecule has 1 aromatic rings. The molecule has 6 heteroatoms. The molecule has 0 fully saturated rings. The first-order valence-electron chi connectivity index (χ1n) is 5.36. The van der Waals surface area contributed by atoms with E-state index in [2.05, 4.69) is 5.32 Å². The van der Waals surface area contributed by atoms with Crippen molar-refractivity contribution < 1.29 is 23.8 Å². The van der Waals surface area contributed by atoms with Gasteiger partial charge in [0.05, 0.1) is 0 Å². The fraction of sp³-hybridized carbons (Fsp3) is 0.333. The van der Waals surface area contributed by atoms with Crippen molar-refractivity contribution in [3.05, 3.63) is 30.1 Å². The third-order valence-corrected chi connectivity index (χ3v) is 2.24. The van der Waals surface area contributed by atoms with Crippen LogP contribution in [-0.4, -0.2) is 29.1 Å². The summed E-state index contributed by atoms with van der Waals surface area (Å²) in [5.41, 5.74) is 0. The summed E-state index contributed by atoms with van der Waals surface area (Å²) >= 11 is 0. The second kappa shape index (κ2) is 6.00. The molecule has 0 aliphatic carbocycles. The Hall–Kier alpha value is -2.11. The highest BCUT2D eigenvalue weighted by atomic mass is 19.1. The summed E-state index contributed by atoms with van der Waals surface area (Å²) in [5, 5.41) is 10.9. The molecule has 1 rings (SSSR count). The molecule has 2 N–H and O–H groups in total. The maximum absolute atomic E-state index is 13.3. The van der Waals surface area contributed by atoms with Gasteiger partial charge >= 0.3 is 5.97 Å². The Labute approximate surface area is 104 Å². The van der Waals surface area contributed by atoms with Gasteiger partial charge in [-0.1, -0.05) is 12.1 Å². The Balaban J connectivity index is 2.60. The van der Waals surface area contributed by atoms with Gasteiger partial charge in [-0.2, -0.15) is 0 Å². The van der Waals surface area contributed by atoms with Gasteiger partial charge in [0.2, 0.25) is 0 Å². The van der Waals surface area contributed by atoms with Crippen molar-refractivity contribution in [2.45, 2.75) is 26.0 Å². The van der Waals surface area contributed by atoms with Crippen LogP contribution in [-0.2, 0) is 9.59 Å². The van der Waals surface area contributed by atoms with Gasteiger partial charge < -0.3 is 15.2 Å². The van der Waals surface area contributed by atoms with Crippen LogP contribution in [0.5, 0.6) is 5.75 Å². The van der Waals surface area contributed by atoms with Crippen LogP contribution in [0.2, 0.25) is 0 Å². The quantitative estimate of drug-likeness (QED) is 0.828. The van der Waals surface area contributed by atoms with Crippen molar-refractivity contribution in [3.8, 4) is 5.75 Å². The molecule has 0 saturated carbocycles. The highest BCUT2D eigenvalue weighted by Gasteiger charge is 2.20. The van der Waals surface area contributed by atoms with Crippen molar-refractivity contribution >= 4 is 11.9 Å². The van der Waals surface area contributed by atoms with E-state index in [1.54, 1.807) is 6.07 Å². The molecule has 0 aliphatic rings. The Morgan fingerprint density at radius 3 is 2.50 bits per heavy atom. The number of aliphatic carboxylic acids is 1. The standard InChI is InChI=1S/C12H14FNO4/c1-7(12(16)17)14-11(15)8(2)18-10-6-4-3-5-9(10)13/h3-8H,1-2H3,(H,14,15)(H,16,17)/t7-,8?/m1/s1. The lowest BCUT2D eigenvalue weighted by atomic mass is 10.3. The Kier molecular flexibility index (Phi) is 4.65. The lowest BCUT2D eigenvalue weighted by molar-refractivity contribution is -0.142. The summed E-state index contributed by atoms with van der Waals surface area (Å²) in [6.45, 7) is 2.74. The number of rotatable bonds is 5. The van der Waals surface area contributed by atoms with Crippen molar-refractivity contribution in [2.24, 2.45) is 0 Å². The minimum absolute atomic E-state index is 0.0527. The number of amides is 1. The van der Waals surface area contributed by atoms with Crippen molar-refractivity contribution in [1.29, 1.82) is 0 Å². The second-order valence-electron chi connectivity index (χ2n) is 3.76. The molecular formula is C12H14FNO4. The largest absolute Gasteiger partial charge is 0.480 e. The van der Waals surface area contributed by atoms with Crippen LogP contribution in [0.25, 0.3) is 0 Å². The van der Waals surface area contributed by atoms with E-state index in [0.29, 0.717) is 0 Å². The fourth-order valence-corrected chi connectivity index (χ4v) is 1.18. The predicted molar refractivity (Wildman–Crippen MR) is 61.7 cm³/mol. The van der Waals surface area contributed by atoms with Crippen LogP contribution in [0, 0.1) is 5.82 Å². The molecule has 98 valence electrons. The number of hydrogen-bond donors (Lipinski definition) is 2. The average molecular weight is 255 g/mol. The van der Waals surface area contributed by atoms with Gasteiger partial charge in [0.25, 0.3) is 5.91 Å². The molecule has 0 bridgehead atoms. The van der Waals surface area contributed by atoms with E-state index in [-0.39, 0.29) is 5.75 Å². The topological polar surface area (TPSA) is 75.6 Å². The lowest BCUT2D eigenvalue weighted by Crippen LogP contribution is -2.44. The Morgan fingerprint density at radius 2 is 1.94 bits per heavy atom. The van der Waals surface area contributed by atoms with Crippen LogP contribution in [0.3, 0.4) is 0 Å². The summed E-state index contributed by atoms with van der Waals surface area (Å²) in [7, 11) is 0. The fourth-order valence-electron chi connectivity index (χ4n) is 1.18. The molecule has 1 aromatic carbocycles. The first kappa shape index (κ1) is 14.0. The van der Waals surface area contributed by atoms with Gasteiger partial charge in [-0.15, -0.1) is 0 Å². The predicted octanol–water partition coefficient (Wildman–Crippen LogP) is 1.18. The van der Waals surface area contributed by atoms with Gasteiger partial charge in [-0.05, 0) is 26.0 Å². The minimum Gasteiger partial charge on any atom is -0.480 e. The number of halogens is 1. The van der Waals surface area contributed by atoms with Gasteiger partial charge in [-0.25, -0.2) is 4.39 Å². The number of carboxylic acid groups (broad SMARTS) is 1. The molecule has 0 radical (unpaired) electrons. The maximum atomic E-state index is 13.3. The second-order valence-corrected chi connectivity index (χ2v) is 3.76. The average Bonchev–Trinajstić information content (AvgIpc) is 2.31. The lowest BCUT2D eigenvalue weighted by Gasteiger charge is -2.16. The number of carboxylic acids is 1. The SMILES string of the molecule is CC(Oc1ccccc1F)C(=O)N[C@H](C)C(=O)O. The third-order valence-electron chi connectivity index (χ3n) is 2.24. The number of ether oxygens (including phenoxy) is 1. The van der Waals surface area contributed by atoms with Crippen LogP contribution in [0.15, 0.2) is 24.3 Å². The Morgan fingerprint density at radius 1 is 1.33 bits per heavy atom. The molecule has 0 heterocycles. The number of carbonyl (C=O) groups excluding carboxylic acids is 1. The van der Waals surface area contributed by atoms with Crippen LogP contribution < -0.4 is 10.1 Å². The van der Waals surface area contributed by atoms with Gasteiger partial charge in [-0.3, -0.25) is 9.59 Å². The number of carbonyl (C=O) groups is 2. The molecule has 0 saturated heterocycles. The van der Waals surface area contributed by atoms with E-state index in [1.807, 2.05) is 0 Å². The summed E-state index contributed by atoms with van der Waals surface area (Å²) in [5.74, 6) is -2.40. The first-order valence-corrected chi connectivity index (χ1v) is 5.36. The summed E-state index contributed by atoms with van der Waals surface area (Å²) in [4.78, 5) is 22.1. The monoisotopic (exact) mass is 255 g/mol. The van der Waals surface area contributed by atoms with Crippen LogP contribution in [0.4, 0.5) is 4.39 Å². The Bertz CT molecular complexity index is 449. The van der Waals surface area contributed by atoms with Crippen molar-refractivity contribution in [2.75, 3.05) is 0 Å². The molecule has 0 spiro atoms. The van der Waals surface area contributed by atoms with E-state index in [9.17, 15) is 14.0 Å². The first-order chi connectivity index (χ1) is 8.41. The zero-order valence-electron chi connectivity index (χ0n) is 10.0. The molecule has 2 atom stereocenters. The maximum Gasteiger partial charge on any atom is 0.325 e. The van der Waals surface area contributed by atoms with Crippen molar-refractivity contribution in [3.63, 3.8) is 0 Å². The normalized spacial score (nSPS) is 13.5. The number of nitrogens with one attached hydrogen (secondary N) is 1. The van der Waals surface area contributed by atoms with E-state index in [4.69, 9.17) is 9.84 Å². The number of para-hydroxylation sites is 1. The molecular weight excluding hydrogens is 241 g/mol. The molecule has 5 nitrogen and oxygen atoms in total. The van der Waals surface area contributed by atoms with Gasteiger partial charge in [0.1, 0.15) is 6.04 Å². The van der Waals surface area contributed by atoms with Crippen LogP contribution >= 0.6 is 0 Å². The van der Waals surface area contributed by atoms with Crippen molar-refractivity contribution in [1.82, 2.24) is 5.32 Å². The highest BCUT2D eigenvalue weighted by Crippen LogP contribution is 2.16. The highest BCUT2D eigenvalue weighted by molar-refractivity contribution is 5.86. The summed E-state index contributed by atoms with van der Waals surface area (Å²) in [6, 6.07) is 4.64. The number of benzene rings is 1. The van der Waals surface area contributed by atoms with Crippen LogP contribution in [0.1, 0.15) is 13.8 Å². The van der Waals surface area contributed by atoms with E-state index >= 15 is 0 Å². The zero-order chi connectivity index (χ0) is 13.7. The molecule has 0 aliphatic heterocycles. The molecule has 18 heavy (non-hydrogen) atoms. The van der Waals surface area contributed by atoms with Gasteiger partial charge in [0.15, 0.2) is 17.7 Å². The van der Waals surface area contributed by atoms with E-state index < -0.39 is 29.8 Å². The number of hydrogen-bond acceptors (Lipinski definition) is 3. The molecule has 1 amide bonds. The smallest absolute Gasteiger partial charge is 0.325 e. The summed E-state index contributed by atoms with van der Waals surface area (Å²) in [6.07, 6.45) is -0.983. The molecule has 0 aromatic heterocycles. The third kappa shape index (κ3) is 3.73. The van der Waals surface area contributed by atoms with E-state index in [1.165, 1.54) is 32.0 Å². The summed E-state index contributed by atoms with van der Waals surface area (Å²) < 4.78 is 18.4. The van der Waals surface area contributed by atoms with E-state index in [0.717, 1.165) is 0 Å².